The number of ether oxygens (including phenoxy) is 5. The maximum atomic E-state index is 11.8. The monoisotopic (exact) mass is 1140 g/mol. The number of rotatable bonds is 11. The Morgan fingerprint density at radius 3 is 1.00 bits per heavy atom. The topological polar surface area (TPSA) is 319 Å². The molecule has 6 bridgehead atoms. The number of carboxylic acid groups (broad SMARTS) is 1. The summed E-state index contributed by atoms with van der Waals surface area (Å²) in [4.78, 5) is 66.1. The molecular weight excluding hydrogens is 1050 g/mol. The average Bonchev–Trinajstić information content (AvgIpc) is 4.09. The Labute approximate surface area is 450 Å². The number of esters is 5. The summed E-state index contributed by atoms with van der Waals surface area (Å²) in [6.45, 7) is 12.8. The molecule has 22 nitrogen and oxygen atoms in total. The molecule has 9 rings (SSSR count). The standard InChI is InChI=1S/2C13H16O7S.C7H10O4S.C6H8O4.11CH4/c2*1-6(2)13(15)18-5-10(14)19-11-7-3-8-9(4-7)21(16,17)20-12(8)11;8-6-3-1-4-5(2-3)12(9,10)11-7(4)6;1-4(2)6(9)10-3-5(7)8;;;;;;;;;;;/h2*7-9,11-12H,1,3-5H2,2H3;3-8H,1-2H2;1,3H2,2H3,(H,7,8);11*1H4. The van der Waals surface area contributed by atoms with Crippen LogP contribution in [0, 0.1) is 35.5 Å². The van der Waals surface area contributed by atoms with Crippen molar-refractivity contribution in [1.82, 2.24) is 0 Å². The fourth-order valence-electron chi connectivity index (χ4n) is 10.1. The number of carboxylic acids is 1. The first-order valence-corrected chi connectivity index (χ1v) is 24.7. The van der Waals surface area contributed by atoms with Gasteiger partial charge in [-0.25, -0.2) is 28.8 Å². The predicted octanol–water partition coefficient (Wildman–Crippen LogP) is 6.98. The van der Waals surface area contributed by atoms with Gasteiger partial charge >= 0.3 is 35.8 Å². The first kappa shape index (κ1) is 82.1. The number of carbonyl (C=O) groups excluding carboxylic acids is 5. The van der Waals surface area contributed by atoms with Gasteiger partial charge < -0.3 is 33.9 Å². The average molecular weight is 1140 g/mol. The van der Waals surface area contributed by atoms with E-state index in [-0.39, 0.29) is 139 Å². The zero-order valence-electron chi connectivity index (χ0n) is 34.9. The lowest BCUT2D eigenvalue weighted by atomic mass is 9.94. The van der Waals surface area contributed by atoms with E-state index in [0.29, 0.717) is 32.1 Å². The van der Waals surface area contributed by atoms with Crippen LogP contribution >= 0.6 is 0 Å². The van der Waals surface area contributed by atoms with E-state index in [1.807, 2.05) is 0 Å². The Balaban J connectivity index is -0.000000209. The minimum absolute atomic E-state index is 0. The second-order valence-corrected chi connectivity index (χ2v) is 22.7. The van der Waals surface area contributed by atoms with Crippen molar-refractivity contribution in [3.05, 3.63) is 36.5 Å². The Morgan fingerprint density at radius 2 is 0.720 bits per heavy atom. The molecule has 15 atom stereocenters. The van der Waals surface area contributed by atoms with Crippen molar-refractivity contribution < 1.29 is 100 Å². The highest BCUT2D eigenvalue weighted by molar-refractivity contribution is 7.88. The van der Waals surface area contributed by atoms with E-state index in [1.54, 1.807) is 0 Å². The quantitative estimate of drug-likeness (QED) is 0.0911. The molecule has 75 heavy (non-hydrogen) atoms. The van der Waals surface area contributed by atoms with E-state index in [1.165, 1.54) is 20.8 Å². The van der Waals surface area contributed by atoms with Crippen LogP contribution in [0.15, 0.2) is 36.5 Å². The van der Waals surface area contributed by atoms with Crippen LogP contribution in [0.25, 0.3) is 0 Å². The molecule has 3 heterocycles. The van der Waals surface area contributed by atoms with Gasteiger partial charge in [0.1, 0.15) is 30.5 Å². The molecule has 9 aliphatic rings. The highest BCUT2D eigenvalue weighted by Gasteiger charge is 2.67. The van der Waals surface area contributed by atoms with E-state index < -0.39 is 133 Å². The molecule has 0 spiro atoms. The Morgan fingerprint density at radius 1 is 0.453 bits per heavy atom. The van der Waals surface area contributed by atoms with Crippen molar-refractivity contribution in [3.63, 3.8) is 0 Å². The Bertz CT molecular complexity index is 2220. The van der Waals surface area contributed by atoms with Crippen LogP contribution in [0.5, 0.6) is 0 Å². The molecule has 0 aromatic heterocycles. The molecule has 444 valence electrons. The van der Waals surface area contributed by atoms with Crippen molar-refractivity contribution >= 4 is 66.2 Å². The van der Waals surface area contributed by atoms with Gasteiger partial charge in [-0.15, -0.1) is 0 Å². The molecule has 6 saturated carbocycles. The Kier molecular flexibility index (Phi) is 34.2. The molecule has 3 aliphatic heterocycles. The second kappa shape index (κ2) is 31.2. The minimum atomic E-state index is -3.53. The molecule has 3 saturated heterocycles. The smallest absolute Gasteiger partial charge is 0.344 e. The van der Waals surface area contributed by atoms with Crippen LogP contribution in [0.2, 0.25) is 0 Å². The summed E-state index contributed by atoms with van der Waals surface area (Å²) < 4.78 is 109. The summed E-state index contributed by atoms with van der Waals surface area (Å²) in [6.07, 6.45) is 0.483. The highest BCUT2D eigenvalue weighted by atomic mass is 32.2. The maximum Gasteiger partial charge on any atom is 0.344 e. The minimum Gasteiger partial charge on any atom is -0.479 e. The highest BCUT2D eigenvalue weighted by Crippen LogP contribution is 2.57. The summed E-state index contributed by atoms with van der Waals surface area (Å²) in [6, 6.07) is 0. The van der Waals surface area contributed by atoms with E-state index in [0.717, 1.165) is 6.42 Å². The van der Waals surface area contributed by atoms with Crippen molar-refractivity contribution in [3.8, 4) is 0 Å². The number of carbonyl (C=O) groups is 6. The van der Waals surface area contributed by atoms with Crippen LogP contribution in [0.4, 0.5) is 0 Å². The fourth-order valence-corrected chi connectivity index (χ4v) is 15.8. The van der Waals surface area contributed by atoms with Crippen LogP contribution in [0.1, 0.15) is 141 Å². The summed E-state index contributed by atoms with van der Waals surface area (Å²) in [5.41, 5.74) is 0.577. The second-order valence-electron chi connectivity index (χ2n) is 17.3. The van der Waals surface area contributed by atoms with Gasteiger partial charge in [-0.05, 0) is 65.2 Å². The summed E-state index contributed by atoms with van der Waals surface area (Å²) >= 11 is 0. The largest absolute Gasteiger partial charge is 0.479 e. The third kappa shape index (κ3) is 17.4. The van der Waals surface area contributed by atoms with Crippen molar-refractivity contribution in [2.24, 2.45) is 35.5 Å². The fraction of sp³-hybridized carbons (Fsp3) is 0.760. The normalized spacial score (nSPS) is 32.1. The molecule has 2 N–H and O–H groups in total. The molecule has 0 amide bonds. The van der Waals surface area contributed by atoms with Gasteiger partial charge in [0, 0.05) is 46.3 Å². The van der Waals surface area contributed by atoms with Crippen molar-refractivity contribution in [2.75, 3.05) is 19.8 Å². The van der Waals surface area contributed by atoms with Gasteiger partial charge in [0.25, 0.3) is 30.4 Å². The zero-order valence-corrected chi connectivity index (χ0v) is 37.4. The summed E-state index contributed by atoms with van der Waals surface area (Å²) in [5.74, 6) is -4.51. The first-order valence-electron chi connectivity index (χ1n) is 20.2. The summed E-state index contributed by atoms with van der Waals surface area (Å²) in [7, 11) is -10.4. The summed E-state index contributed by atoms with van der Waals surface area (Å²) in [5, 5.41) is 16.4. The number of aliphatic hydroxyl groups is 1. The predicted molar refractivity (Wildman–Crippen MR) is 286 cm³/mol. The van der Waals surface area contributed by atoms with E-state index in [2.05, 4.69) is 24.5 Å². The maximum absolute atomic E-state index is 11.8. The molecular formula is C50H94O22S3. The molecule has 0 aromatic rings. The van der Waals surface area contributed by atoms with Crippen molar-refractivity contribution in [2.45, 2.75) is 193 Å². The number of fused-ring (bicyclic) bond motifs is 3. The molecule has 25 heteroatoms. The first-order chi connectivity index (χ1) is 29.7. The van der Waals surface area contributed by atoms with Gasteiger partial charge in [0.2, 0.25) is 0 Å². The number of hydrogen-bond acceptors (Lipinski definition) is 21. The molecule has 15 unspecified atom stereocenters. The van der Waals surface area contributed by atoms with E-state index >= 15 is 0 Å². The lowest BCUT2D eigenvalue weighted by Gasteiger charge is -2.24. The number of aliphatic carboxylic acids is 1. The molecule has 6 aliphatic carbocycles. The molecule has 0 aromatic carbocycles. The molecule has 9 fully saturated rings. The third-order valence-corrected chi connectivity index (χ3v) is 18.1. The lowest BCUT2D eigenvalue weighted by molar-refractivity contribution is -0.165. The van der Waals surface area contributed by atoms with Crippen LogP contribution in [-0.2, 0) is 95.4 Å². The zero-order chi connectivity index (χ0) is 47.4. The van der Waals surface area contributed by atoms with Gasteiger partial charge in [-0.3, -0.25) is 12.5 Å². The Hall–Kier alpha value is -4.27. The van der Waals surface area contributed by atoms with Crippen LogP contribution < -0.4 is 0 Å². The van der Waals surface area contributed by atoms with Gasteiger partial charge in [-0.1, -0.05) is 101 Å². The lowest BCUT2D eigenvalue weighted by Crippen LogP contribution is -2.38. The van der Waals surface area contributed by atoms with Gasteiger partial charge in [0.15, 0.2) is 19.8 Å². The number of aliphatic hydroxyl groups excluding tert-OH is 1. The van der Waals surface area contributed by atoms with Gasteiger partial charge in [-0.2, -0.15) is 25.3 Å². The van der Waals surface area contributed by atoms with E-state index in [4.69, 9.17) is 36.6 Å². The molecule has 0 radical (unpaired) electrons. The van der Waals surface area contributed by atoms with Gasteiger partial charge in [0.05, 0.1) is 21.9 Å². The number of hydrogen-bond donors (Lipinski definition) is 2. The third-order valence-electron chi connectivity index (χ3n) is 12.8. The SMILES string of the molecule is C.C.C.C.C.C.C.C.C.C.C.C=C(C)C(=O)OCC(=O)O.C=C(C)C(=O)OCC(=O)OC1C2CC3C1OS(=O)(=O)C3C2.C=C(C)C(=O)OCC(=O)OC1C2CC3C1OS(=O)(=O)C3C2.O=S1(=O)OC2C(O)C3CC2C1C3. The van der Waals surface area contributed by atoms with Crippen LogP contribution in [0.3, 0.4) is 0 Å². The van der Waals surface area contributed by atoms with E-state index in [9.17, 15) is 59.1 Å². The van der Waals surface area contributed by atoms with Crippen LogP contribution in [-0.4, -0.2) is 143 Å². The van der Waals surface area contributed by atoms with Crippen molar-refractivity contribution in [1.29, 1.82) is 0 Å².